The van der Waals surface area contributed by atoms with Crippen LogP contribution >= 0.6 is 0 Å². The SMILES string of the molecule is CCOc1cccc(CNC(=O)C2=C(O)C3C=CC=NC3=NC2=O)c1. The third kappa shape index (κ3) is 3.50. The second-order valence-electron chi connectivity index (χ2n) is 5.44. The van der Waals surface area contributed by atoms with Gasteiger partial charge in [0.2, 0.25) is 0 Å². The quantitative estimate of drug-likeness (QED) is 0.798. The van der Waals surface area contributed by atoms with Crippen LogP contribution in [0.4, 0.5) is 0 Å². The van der Waals surface area contributed by atoms with Crippen molar-refractivity contribution in [1.29, 1.82) is 0 Å². The van der Waals surface area contributed by atoms with E-state index in [1.807, 2.05) is 25.1 Å². The molecule has 0 spiro atoms. The lowest BCUT2D eigenvalue weighted by Crippen LogP contribution is -2.34. The lowest BCUT2D eigenvalue weighted by molar-refractivity contribution is -0.122. The fraction of sp³-hybridized carbons (Fsp3) is 0.222. The Morgan fingerprint density at radius 1 is 1.40 bits per heavy atom. The molecule has 0 bridgehead atoms. The number of fused-ring (bicyclic) bond motifs is 1. The molecule has 0 fully saturated rings. The van der Waals surface area contributed by atoms with E-state index >= 15 is 0 Å². The molecule has 128 valence electrons. The van der Waals surface area contributed by atoms with Crippen LogP contribution in [0.5, 0.6) is 5.75 Å². The van der Waals surface area contributed by atoms with E-state index in [0.29, 0.717) is 12.4 Å². The van der Waals surface area contributed by atoms with Crippen molar-refractivity contribution in [1.82, 2.24) is 5.32 Å². The molecular weight excluding hydrogens is 322 g/mol. The number of benzene rings is 1. The van der Waals surface area contributed by atoms with E-state index in [1.165, 1.54) is 6.21 Å². The fourth-order valence-corrected chi connectivity index (χ4v) is 2.58. The zero-order chi connectivity index (χ0) is 17.8. The maximum atomic E-state index is 12.4. The van der Waals surface area contributed by atoms with Crippen LogP contribution in [0, 0.1) is 5.92 Å². The molecule has 3 rings (SSSR count). The number of ether oxygens (including phenoxy) is 1. The Balaban J connectivity index is 1.73. The number of hydrogen-bond acceptors (Lipinski definition) is 5. The summed E-state index contributed by atoms with van der Waals surface area (Å²) >= 11 is 0. The first kappa shape index (κ1) is 16.6. The van der Waals surface area contributed by atoms with Crippen molar-refractivity contribution in [2.24, 2.45) is 15.9 Å². The highest BCUT2D eigenvalue weighted by Crippen LogP contribution is 2.25. The van der Waals surface area contributed by atoms with Crippen LogP contribution < -0.4 is 10.1 Å². The molecule has 1 aromatic carbocycles. The van der Waals surface area contributed by atoms with Crippen molar-refractivity contribution in [3.63, 3.8) is 0 Å². The third-order valence-electron chi connectivity index (χ3n) is 3.74. The van der Waals surface area contributed by atoms with Crippen molar-refractivity contribution in [2.75, 3.05) is 6.61 Å². The average molecular weight is 339 g/mol. The van der Waals surface area contributed by atoms with Gasteiger partial charge in [0.25, 0.3) is 11.8 Å². The highest BCUT2D eigenvalue weighted by molar-refractivity contribution is 6.24. The highest BCUT2D eigenvalue weighted by atomic mass is 16.5. The summed E-state index contributed by atoms with van der Waals surface area (Å²) in [5.74, 6) is -1.57. The van der Waals surface area contributed by atoms with Crippen LogP contribution in [0.2, 0.25) is 0 Å². The van der Waals surface area contributed by atoms with Crippen LogP contribution in [0.1, 0.15) is 12.5 Å². The number of dihydropyridines is 2. The second-order valence-corrected chi connectivity index (χ2v) is 5.44. The van der Waals surface area contributed by atoms with Crippen molar-refractivity contribution >= 4 is 23.9 Å². The van der Waals surface area contributed by atoms with Gasteiger partial charge in [-0.1, -0.05) is 18.2 Å². The molecular formula is C18H17N3O4. The first-order chi connectivity index (χ1) is 12.1. The molecule has 1 atom stereocenters. The van der Waals surface area contributed by atoms with E-state index < -0.39 is 17.7 Å². The molecule has 1 aromatic rings. The molecule has 7 nitrogen and oxygen atoms in total. The number of carbonyl (C=O) groups is 2. The smallest absolute Gasteiger partial charge is 0.287 e. The van der Waals surface area contributed by atoms with Crippen LogP contribution in [0.3, 0.4) is 0 Å². The summed E-state index contributed by atoms with van der Waals surface area (Å²) in [6.07, 6.45) is 4.74. The molecule has 2 aliphatic heterocycles. The minimum atomic E-state index is -0.795. The summed E-state index contributed by atoms with van der Waals surface area (Å²) < 4.78 is 5.41. The topological polar surface area (TPSA) is 100 Å². The van der Waals surface area contributed by atoms with Crippen molar-refractivity contribution < 1.29 is 19.4 Å². The molecule has 0 aromatic heterocycles. The van der Waals surface area contributed by atoms with E-state index in [-0.39, 0.29) is 23.7 Å². The summed E-state index contributed by atoms with van der Waals surface area (Å²) in [7, 11) is 0. The molecule has 0 radical (unpaired) electrons. The minimum Gasteiger partial charge on any atom is -0.510 e. The monoisotopic (exact) mass is 339 g/mol. The number of rotatable bonds is 5. The van der Waals surface area contributed by atoms with Crippen molar-refractivity contribution in [2.45, 2.75) is 13.5 Å². The number of aliphatic imine (C=N–C) groups is 2. The van der Waals surface area contributed by atoms with E-state index in [4.69, 9.17) is 4.74 Å². The second kappa shape index (κ2) is 7.12. The zero-order valence-corrected chi connectivity index (χ0v) is 13.6. The number of aliphatic hydroxyl groups excluding tert-OH is 1. The number of nitrogens with one attached hydrogen (secondary N) is 1. The van der Waals surface area contributed by atoms with Gasteiger partial charge in [0.1, 0.15) is 22.9 Å². The molecule has 0 saturated carbocycles. The highest BCUT2D eigenvalue weighted by Gasteiger charge is 2.34. The predicted molar refractivity (Wildman–Crippen MR) is 92.7 cm³/mol. The van der Waals surface area contributed by atoms with Gasteiger partial charge in [-0.15, -0.1) is 0 Å². The van der Waals surface area contributed by atoms with E-state index in [1.54, 1.807) is 18.2 Å². The van der Waals surface area contributed by atoms with Gasteiger partial charge in [0.15, 0.2) is 0 Å². The summed E-state index contributed by atoms with van der Waals surface area (Å²) in [5, 5.41) is 12.9. The predicted octanol–water partition coefficient (Wildman–Crippen LogP) is 1.71. The Hall–Kier alpha value is -3.22. The number of carbonyl (C=O) groups excluding carboxylic acids is 2. The Kier molecular flexibility index (Phi) is 4.74. The van der Waals surface area contributed by atoms with Crippen LogP contribution in [0.15, 0.2) is 57.7 Å². The first-order valence-corrected chi connectivity index (χ1v) is 7.87. The molecule has 2 heterocycles. The van der Waals surface area contributed by atoms with Gasteiger partial charge in [0.05, 0.1) is 12.5 Å². The van der Waals surface area contributed by atoms with Crippen LogP contribution in [-0.2, 0) is 16.1 Å². The maximum absolute atomic E-state index is 12.4. The Morgan fingerprint density at radius 2 is 2.24 bits per heavy atom. The van der Waals surface area contributed by atoms with Gasteiger partial charge < -0.3 is 15.2 Å². The Labute approximate surface area is 144 Å². The Bertz CT molecular complexity index is 836. The zero-order valence-electron chi connectivity index (χ0n) is 13.6. The van der Waals surface area contributed by atoms with Crippen LogP contribution in [-0.4, -0.2) is 35.6 Å². The van der Waals surface area contributed by atoms with Gasteiger partial charge in [-0.2, -0.15) is 4.99 Å². The fourth-order valence-electron chi connectivity index (χ4n) is 2.58. The lowest BCUT2D eigenvalue weighted by Gasteiger charge is -2.20. The molecule has 0 aliphatic carbocycles. The van der Waals surface area contributed by atoms with Crippen molar-refractivity contribution in [3.05, 3.63) is 53.3 Å². The summed E-state index contributed by atoms with van der Waals surface area (Å²) in [4.78, 5) is 32.2. The molecule has 1 unspecified atom stereocenters. The van der Waals surface area contributed by atoms with E-state index in [9.17, 15) is 14.7 Å². The third-order valence-corrected chi connectivity index (χ3v) is 3.74. The molecule has 2 amide bonds. The van der Waals surface area contributed by atoms with Gasteiger partial charge in [-0.3, -0.25) is 9.59 Å². The number of allylic oxidation sites excluding steroid dienone is 1. The molecule has 2 aliphatic rings. The number of aliphatic hydroxyl groups is 1. The summed E-state index contributed by atoms with van der Waals surface area (Å²) in [6.45, 7) is 2.62. The normalized spacial score (nSPS) is 18.7. The Morgan fingerprint density at radius 3 is 3.04 bits per heavy atom. The minimum absolute atomic E-state index is 0.186. The maximum Gasteiger partial charge on any atom is 0.287 e. The van der Waals surface area contributed by atoms with Gasteiger partial charge in [-0.25, -0.2) is 4.99 Å². The number of amides is 2. The number of hydrogen-bond donors (Lipinski definition) is 2. The van der Waals surface area contributed by atoms with Crippen LogP contribution in [0.25, 0.3) is 0 Å². The van der Waals surface area contributed by atoms with Crippen molar-refractivity contribution in [3.8, 4) is 5.75 Å². The van der Waals surface area contributed by atoms with E-state index in [0.717, 1.165) is 5.56 Å². The van der Waals surface area contributed by atoms with Gasteiger partial charge in [-0.05, 0) is 30.7 Å². The summed E-state index contributed by atoms with van der Waals surface area (Å²) in [5.41, 5.74) is 0.463. The largest absolute Gasteiger partial charge is 0.510 e. The molecule has 0 saturated heterocycles. The molecule has 2 N–H and O–H groups in total. The molecule has 7 heteroatoms. The number of amidine groups is 1. The first-order valence-electron chi connectivity index (χ1n) is 7.87. The summed E-state index contributed by atoms with van der Waals surface area (Å²) in [6, 6.07) is 7.26. The lowest BCUT2D eigenvalue weighted by atomic mass is 9.96. The average Bonchev–Trinajstić information content (AvgIpc) is 2.61. The number of nitrogens with zero attached hydrogens (tertiary/aromatic N) is 2. The van der Waals surface area contributed by atoms with Gasteiger partial charge in [0, 0.05) is 12.8 Å². The van der Waals surface area contributed by atoms with E-state index in [2.05, 4.69) is 15.3 Å². The van der Waals surface area contributed by atoms with Gasteiger partial charge >= 0.3 is 0 Å². The molecule has 25 heavy (non-hydrogen) atoms. The standard InChI is InChI=1S/C18H17N3O4/c1-2-25-12-6-3-5-11(9-12)10-20-17(23)14-15(22)13-7-4-8-19-16(13)21-18(14)24/h3-9,13,22H,2,10H2,1H3,(H,20,23).